The molecule has 1 aromatic heterocycles. The zero-order chi connectivity index (χ0) is 14.5. The van der Waals surface area contributed by atoms with Crippen LogP contribution in [0.2, 0.25) is 5.15 Å². The van der Waals surface area contributed by atoms with Gasteiger partial charge in [-0.3, -0.25) is 0 Å². The SMILES string of the molecule is CC1(C)OB(c2cc(Cl)nc(C3CNC3)c2)OC1(C)C. The summed E-state index contributed by atoms with van der Waals surface area (Å²) in [7, 11) is -0.382. The van der Waals surface area contributed by atoms with Crippen LogP contribution >= 0.6 is 11.6 Å². The van der Waals surface area contributed by atoms with E-state index >= 15 is 0 Å². The average Bonchev–Trinajstić information content (AvgIpc) is 2.45. The van der Waals surface area contributed by atoms with Crippen LogP contribution in [0.4, 0.5) is 0 Å². The molecule has 0 saturated carbocycles. The smallest absolute Gasteiger partial charge is 0.399 e. The number of nitrogens with zero attached hydrogens (tertiary/aromatic N) is 1. The van der Waals surface area contributed by atoms with Gasteiger partial charge in [0.25, 0.3) is 0 Å². The Labute approximate surface area is 125 Å². The fourth-order valence-electron chi connectivity index (χ4n) is 2.36. The van der Waals surface area contributed by atoms with E-state index in [9.17, 15) is 0 Å². The van der Waals surface area contributed by atoms with Crippen molar-refractivity contribution in [2.45, 2.75) is 44.8 Å². The summed E-state index contributed by atoms with van der Waals surface area (Å²) in [6.45, 7) is 10.1. The van der Waals surface area contributed by atoms with Crippen molar-refractivity contribution >= 4 is 24.2 Å². The van der Waals surface area contributed by atoms with Gasteiger partial charge in [0, 0.05) is 24.7 Å². The Morgan fingerprint density at radius 1 is 1.20 bits per heavy atom. The fourth-order valence-corrected chi connectivity index (χ4v) is 2.58. The van der Waals surface area contributed by atoms with Crippen molar-refractivity contribution in [3.05, 3.63) is 23.0 Å². The molecule has 1 aromatic rings. The molecular weight excluding hydrogens is 274 g/mol. The molecule has 0 amide bonds. The number of pyridine rings is 1. The standard InChI is InChI=1S/C14H20BClN2O2/c1-13(2)14(3,4)20-15(19-13)10-5-11(9-7-17-8-9)18-12(16)6-10/h5-6,9,17H,7-8H2,1-4H3. The molecular formula is C14H20BClN2O2. The predicted octanol–water partition coefficient (Wildman–Crippen LogP) is 1.72. The highest BCUT2D eigenvalue weighted by Crippen LogP contribution is 2.36. The van der Waals surface area contributed by atoms with Crippen LogP contribution in [0.25, 0.3) is 0 Å². The second-order valence-corrected chi connectivity index (χ2v) is 6.98. The van der Waals surface area contributed by atoms with Crippen LogP contribution in [0.15, 0.2) is 12.1 Å². The molecule has 2 aliphatic heterocycles. The molecule has 2 saturated heterocycles. The third-order valence-corrected chi connectivity index (χ3v) is 4.76. The fraction of sp³-hybridized carbons (Fsp3) is 0.643. The van der Waals surface area contributed by atoms with E-state index in [0.29, 0.717) is 11.1 Å². The maximum Gasteiger partial charge on any atom is 0.495 e. The van der Waals surface area contributed by atoms with Gasteiger partial charge in [-0.15, -0.1) is 0 Å². The van der Waals surface area contributed by atoms with E-state index in [0.717, 1.165) is 24.2 Å². The zero-order valence-corrected chi connectivity index (χ0v) is 13.1. The Bertz CT molecular complexity index is 516. The molecule has 3 heterocycles. The highest BCUT2D eigenvalue weighted by molar-refractivity contribution is 6.62. The highest BCUT2D eigenvalue weighted by Gasteiger charge is 2.51. The summed E-state index contributed by atoms with van der Waals surface area (Å²) < 4.78 is 12.1. The van der Waals surface area contributed by atoms with E-state index < -0.39 is 0 Å². The number of hydrogen-bond donors (Lipinski definition) is 1. The van der Waals surface area contributed by atoms with Crippen LogP contribution in [0.3, 0.4) is 0 Å². The van der Waals surface area contributed by atoms with Crippen LogP contribution in [0.5, 0.6) is 0 Å². The summed E-state index contributed by atoms with van der Waals surface area (Å²) in [4.78, 5) is 4.41. The van der Waals surface area contributed by atoms with Gasteiger partial charge in [-0.05, 0) is 45.3 Å². The van der Waals surface area contributed by atoms with Gasteiger partial charge in [0.2, 0.25) is 0 Å². The molecule has 0 bridgehead atoms. The second kappa shape index (κ2) is 4.70. The van der Waals surface area contributed by atoms with Crippen molar-refractivity contribution in [3.8, 4) is 0 Å². The zero-order valence-electron chi connectivity index (χ0n) is 12.4. The number of halogens is 1. The van der Waals surface area contributed by atoms with Gasteiger partial charge in [0.05, 0.1) is 11.2 Å². The number of hydrogen-bond acceptors (Lipinski definition) is 4. The molecule has 0 aromatic carbocycles. The van der Waals surface area contributed by atoms with Gasteiger partial charge >= 0.3 is 7.12 Å². The van der Waals surface area contributed by atoms with E-state index in [1.807, 2.05) is 33.8 Å². The lowest BCUT2D eigenvalue weighted by atomic mass is 9.78. The third-order valence-electron chi connectivity index (χ3n) is 4.56. The normalized spacial score (nSPS) is 24.8. The molecule has 2 fully saturated rings. The molecule has 0 atom stereocenters. The van der Waals surface area contributed by atoms with Gasteiger partial charge in [0.1, 0.15) is 5.15 Å². The number of nitrogens with one attached hydrogen (secondary N) is 1. The Morgan fingerprint density at radius 3 is 2.30 bits per heavy atom. The summed E-state index contributed by atoms with van der Waals surface area (Å²) in [6, 6.07) is 3.89. The first-order chi connectivity index (χ1) is 9.28. The lowest BCUT2D eigenvalue weighted by Gasteiger charge is -2.32. The summed E-state index contributed by atoms with van der Waals surface area (Å²) >= 11 is 6.15. The van der Waals surface area contributed by atoms with Gasteiger partial charge in [-0.1, -0.05) is 11.6 Å². The van der Waals surface area contributed by atoms with Crippen molar-refractivity contribution in [2.75, 3.05) is 13.1 Å². The molecule has 0 radical (unpaired) electrons. The molecule has 2 aliphatic rings. The largest absolute Gasteiger partial charge is 0.495 e. The first-order valence-corrected chi connectivity index (χ1v) is 7.40. The Hall–Kier alpha value is -0.615. The minimum absolute atomic E-state index is 0.342. The predicted molar refractivity (Wildman–Crippen MR) is 80.6 cm³/mol. The third kappa shape index (κ3) is 2.37. The van der Waals surface area contributed by atoms with E-state index in [4.69, 9.17) is 20.9 Å². The minimum atomic E-state index is -0.382. The molecule has 20 heavy (non-hydrogen) atoms. The molecule has 3 rings (SSSR count). The summed E-state index contributed by atoms with van der Waals surface area (Å²) in [6.07, 6.45) is 0. The van der Waals surface area contributed by atoms with Crippen molar-refractivity contribution in [1.29, 1.82) is 0 Å². The van der Waals surface area contributed by atoms with Crippen LogP contribution in [-0.4, -0.2) is 36.4 Å². The molecule has 0 aliphatic carbocycles. The van der Waals surface area contributed by atoms with Crippen molar-refractivity contribution < 1.29 is 9.31 Å². The Kier molecular flexibility index (Phi) is 3.37. The molecule has 6 heteroatoms. The monoisotopic (exact) mass is 294 g/mol. The Morgan fingerprint density at radius 2 is 1.80 bits per heavy atom. The van der Waals surface area contributed by atoms with E-state index in [1.165, 1.54) is 0 Å². The average molecular weight is 295 g/mol. The van der Waals surface area contributed by atoms with Crippen molar-refractivity contribution in [3.63, 3.8) is 0 Å². The second-order valence-electron chi connectivity index (χ2n) is 6.59. The van der Waals surface area contributed by atoms with Crippen LogP contribution < -0.4 is 10.8 Å². The highest BCUT2D eigenvalue weighted by atomic mass is 35.5. The minimum Gasteiger partial charge on any atom is -0.399 e. The topological polar surface area (TPSA) is 43.4 Å². The number of rotatable bonds is 2. The van der Waals surface area contributed by atoms with Crippen molar-refractivity contribution in [1.82, 2.24) is 10.3 Å². The molecule has 0 spiro atoms. The first kappa shape index (κ1) is 14.3. The summed E-state index contributed by atoms with van der Waals surface area (Å²) in [5.74, 6) is 0.440. The molecule has 4 nitrogen and oxygen atoms in total. The van der Waals surface area contributed by atoms with E-state index in [2.05, 4.69) is 16.4 Å². The first-order valence-electron chi connectivity index (χ1n) is 7.02. The summed E-state index contributed by atoms with van der Waals surface area (Å²) in [5.41, 5.74) is 1.28. The van der Waals surface area contributed by atoms with E-state index in [1.54, 1.807) is 0 Å². The molecule has 0 unspecified atom stereocenters. The maximum atomic E-state index is 6.15. The quantitative estimate of drug-likeness (QED) is 0.666. The summed E-state index contributed by atoms with van der Waals surface area (Å²) in [5, 5.41) is 3.75. The molecule has 108 valence electrons. The Balaban J connectivity index is 1.89. The molecule has 1 N–H and O–H groups in total. The van der Waals surface area contributed by atoms with Gasteiger partial charge < -0.3 is 14.6 Å². The number of aromatic nitrogens is 1. The van der Waals surface area contributed by atoms with Gasteiger partial charge in [0.15, 0.2) is 0 Å². The maximum absolute atomic E-state index is 6.15. The van der Waals surface area contributed by atoms with Gasteiger partial charge in [-0.2, -0.15) is 0 Å². The van der Waals surface area contributed by atoms with Crippen LogP contribution in [-0.2, 0) is 9.31 Å². The van der Waals surface area contributed by atoms with Gasteiger partial charge in [-0.25, -0.2) is 4.98 Å². The van der Waals surface area contributed by atoms with Crippen LogP contribution in [0.1, 0.15) is 39.3 Å². The van der Waals surface area contributed by atoms with E-state index in [-0.39, 0.29) is 18.3 Å². The van der Waals surface area contributed by atoms with Crippen molar-refractivity contribution in [2.24, 2.45) is 0 Å². The lowest BCUT2D eigenvalue weighted by Crippen LogP contribution is -2.42. The lowest BCUT2D eigenvalue weighted by molar-refractivity contribution is 0.00578. The van der Waals surface area contributed by atoms with Crippen LogP contribution in [0, 0.1) is 0 Å².